The van der Waals surface area contributed by atoms with Crippen LogP contribution < -0.4 is 5.73 Å². The standard InChI is InChI=1S/C14H20F3NO/c1-3-4-13(19-2)12(18)9-10-5-7-11(8-6-10)14(15,16)17/h5-8,12-13H,3-4,9,18H2,1-2H3. The number of rotatable bonds is 6. The molecule has 2 nitrogen and oxygen atoms in total. The summed E-state index contributed by atoms with van der Waals surface area (Å²) >= 11 is 0. The van der Waals surface area contributed by atoms with Gasteiger partial charge in [-0.2, -0.15) is 13.2 Å². The van der Waals surface area contributed by atoms with Crippen molar-refractivity contribution >= 4 is 0 Å². The molecule has 0 saturated carbocycles. The van der Waals surface area contributed by atoms with Crippen molar-refractivity contribution in [2.24, 2.45) is 5.73 Å². The molecule has 0 bridgehead atoms. The molecular weight excluding hydrogens is 255 g/mol. The van der Waals surface area contributed by atoms with Crippen LogP contribution in [0.15, 0.2) is 24.3 Å². The van der Waals surface area contributed by atoms with Gasteiger partial charge in [-0.3, -0.25) is 0 Å². The third-order valence-electron chi connectivity index (χ3n) is 3.11. The molecule has 108 valence electrons. The molecule has 0 heterocycles. The molecule has 0 saturated heterocycles. The minimum Gasteiger partial charge on any atom is -0.380 e. The Morgan fingerprint density at radius 3 is 2.21 bits per heavy atom. The number of ether oxygens (including phenoxy) is 1. The van der Waals surface area contributed by atoms with Crippen LogP contribution >= 0.6 is 0 Å². The van der Waals surface area contributed by atoms with E-state index in [-0.39, 0.29) is 12.1 Å². The van der Waals surface area contributed by atoms with Crippen molar-refractivity contribution in [2.45, 2.75) is 44.5 Å². The van der Waals surface area contributed by atoms with E-state index in [0.717, 1.165) is 30.5 Å². The summed E-state index contributed by atoms with van der Waals surface area (Å²) < 4.78 is 42.6. The molecule has 0 spiro atoms. The zero-order valence-corrected chi connectivity index (χ0v) is 11.2. The maximum Gasteiger partial charge on any atom is 0.416 e. The SMILES string of the molecule is CCCC(OC)C(N)Cc1ccc(C(F)(F)F)cc1. The largest absolute Gasteiger partial charge is 0.416 e. The van der Waals surface area contributed by atoms with Crippen LogP contribution in [0.25, 0.3) is 0 Å². The van der Waals surface area contributed by atoms with Crippen LogP contribution in [0.5, 0.6) is 0 Å². The summed E-state index contributed by atoms with van der Waals surface area (Å²) in [5.74, 6) is 0. The van der Waals surface area contributed by atoms with Gasteiger partial charge in [-0.15, -0.1) is 0 Å². The van der Waals surface area contributed by atoms with Gasteiger partial charge >= 0.3 is 6.18 Å². The fourth-order valence-electron chi connectivity index (χ4n) is 2.02. The molecule has 1 aromatic rings. The summed E-state index contributed by atoms with van der Waals surface area (Å²) in [5, 5.41) is 0. The van der Waals surface area contributed by atoms with Gasteiger partial charge < -0.3 is 10.5 Å². The molecule has 2 atom stereocenters. The van der Waals surface area contributed by atoms with Gasteiger partial charge in [-0.25, -0.2) is 0 Å². The van der Waals surface area contributed by atoms with Crippen LogP contribution in [0.3, 0.4) is 0 Å². The average Bonchev–Trinajstić information content (AvgIpc) is 2.35. The van der Waals surface area contributed by atoms with Crippen LogP contribution in [0, 0.1) is 0 Å². The first-order valence-corrected chi connectivity index (χ1v) is 6.33. The van der Waals surface area contributed by atoms with Crippen LogP contribution in [-0.2, 0) is 17.3 Å². The van der Waals surface area contributed by atoms with E-state index >= 15 is 0 Å². The monoisotopic (exact) mass is 275 g/mol. The number of methoxy groups -OCH3 is 1. The average molecular weight is 275 g/mol. The van der Waals surface area contributed by atoms with Gasteiger partial charge in [0.25, 0.3) is 0 Å². The molecule has 0 amide bonds. The fourth-order valence-corrected chi connectivity index (χ4v) is 2.02. The minimum atomic E-state index is -4.29. The predicted molar refractivity (Wildman–Crippen MR) is 68.8 cm³/mol. The number of alkyl halides is 3. The molecule has 0 aliphatic heterocycles. The lowest BCUT2D eigenvalue weighted by atomic mass is 9.98. The third kappa shape index (κ3) is 4.84. The van der Waals surface area contributed by atoms with Gasteiger partial charge in [0.2, 0.25) is 0 Å². The molecule has 0 aromatic heterocycles. The van der Waals surface area contributed by atoms with Crippen LogP contribution in [0.2, 0.25) is 0 Å². The van der Waals surface area contributed by atoms with Crippen molar-refractivity contribution in [3.63, 3.8) is 0 Å². The minimum absolute atomic E-state index is 0.0627. The quantitative estimate of drug-likeness (QED) is 0.863. The third-order valence-corrected chi connectivity index (χ3v) is 3.11. The highest BCUT2D eigenvalue weighted by atomic mass is 19.4. The second kappa shape index (κ2) is 6.91. The van der Waals surface area contributed by atoms with Gasteiger partial charge in [-0.05, 0) is 30.5 Å². The molecular formula is C14H20F3NO. The van der Waals surface area contributed by atoms with Gasteiger partial charge in [-0.1, -0.05) is 25.5 Å². The molecule has 0 aliphatic carbocycles. The number of benzene rings is 1. The Bertz CT molecular complexity index is 375. The normalized spacial score (nSPS) is 15.3. The molecule has 0 aliphatic rings. The van der Waals surface area contributed by atoms with E-state index in [1.165, 1.54) is 12.1 Å². The van der Waals surface area contributed by atoms with Gasteiger partial charge in [0.1, 0.15) is 0 Å². The van der Waals surface area contributed by atoms with Gasteiger partial charge in [0, 0.05) is 13.2 Å². The van der Waals surface area contributed by atoms with Crippen LogP contribution in [-0.4, -0.2) is 19.3 Å². The Morgan fingerprint density at radius 2 is 1.79 bits per heavy atom. The molecule has 2 unspecified atom stereocenters. The van der Waals surface area contributed by atoms with Crippen molar-refractivity contribution in [3.8, 4) is 0 Å². The first kappa shape index (κ1) is 16.0. The maximum absolute atomic E-state index is 12.4. The van der Waals surface area contributed by atoms with E-state index in [1.807, 2.05) is 6.92 Å². The molecule has 2 N–H and O–H groups in total. The summed E-state index contributed by atoms with van der Waals surface area (Å²) in [6.07, 6.45) is -2.04. The topological polar surface area (TPSA) is 35.2 Å². The molecule has 0 fully saturated rings. The van der Waals surface area contributed by atoms with Crippen molar-refractivity contribution < 1.29 is 17.9 Å². The summed E-state index contributed by atoms with van der Waals surface area (Å²) in [6, 6.07) is 4.91. The maximum atomic E-state index is 12.4. The fraction of sp³-hybridized carbons (Fsp3) is 0.571. The highest BCUT2D eigenvalue weighted by Gasteiger charge is 2.30. The van der Waals surface area contributed by atoms with E-state index in [4.69, 9.17) is 10.5 Å². The summed E-state index contributed by atoms with van der Waals surface area (Å²) in [5.41, 5.74) is 6.18. The Labute approximate surface area is 111 Å². The van der Waals surface area contributed by atoms with E-state index in [2.05, 4.69) is 0 Å². The van der Waals surface area contributed by atoms with E-state index in [0.29, 0.717) is 6.42 Å². The lowest BCUT2D eigenvalue weighted by Crippen LogP contribution is -2.37. The summed E-state index contributed by atoms with van der Waals surface area (Å²) in [4.78, 5) is 0. The zero-order chi connectivity index (χ0) is 14.5. The lowest BCUT2D eigenvalue weighted by molar-refractivity contribution is -0.137. The lowest BCUT2D eigenvalue weighted by Gasteiger charge is -2.22. The highest BCUT2D eigenvalue weighted by molar-refractivity contribution is 5.25. The Hall–Kier alpha value is -1.07. The molecule has 0 radical (unpaired) electrons. The van der Waals surface area contributed by atoms with Crippen LogP contribution in [0.1, 0.15) is 30.9 Å². The van der Waals surface area contributed by atoms with Gasteiger partial charge in [0.05, 0.1) is 11.7 Å². The molecule has 1 aromatic carbocycles. The molecule has 5 heteroatoms. The molecule has 19 heavy (non-hydrogen) atoms. The Kier molecular flexibility index (Phi) is 5.82. The van der Waals surface area contributed by atoms with Crippen molar-refractivity contribution in [1.29, 1.82) is 0 Å². The van der Waals surface area contributed by atoms with Gasteiger partial charge in [0.15, 0.2) is 0 Å². The molecule has 1 rings (SSSR count). The number of hydrogen-bond donors (Lipinski definition) is 1. The van der Waals surface area contributed by atoms with Crippen molar-refractivity contribution in [2.75, 3.05) is 7.11 Å². The van der Waals surface area contributed by atoms with E-state index in [1.54, 1.807) is 7.11 Å². The summed E-state index contributed by atoms with van der Waals surface area (Å²) in [6.45, 7) is 2.04. The van der Waals surface area contributed by atoms with Crippen molar-refractivity contribution in [3.05, 3.63) is 35.4 Å². The number of hydrogen-bond acceptors (Lipinski definition) is 2. The van der Waals surface area contributed by atoms with Crippen molar-refractivity contribution in [1.82, 2.24) is 0 Å². The highest BCUT2D eigenvalue weighted by Crippen LogP contribution is 2.29. The predicted octanol–water partition coefficient (Wildman–Crippen LogP) is 3.39. The second-order valence-corrected chi connectivity index (χ2v) is 4.63. The number of halogens is 3. The van der Waals surface area contributed by atoms with Crippen LogP contribution in [0.4, 0.5) is 13.2 Å². The summed E-state index contributed by atoms with van der Waals surface area (Å²) in [7, 11) is 1.60. The Balaban J connectivity index is 2.67. The first-order valence-electron chi connectivity index (χ1n) is 6.33. The zero-order valence-electron chi connectivity index (χ0n) is 11.2. The Morgan fingerprint density at radius 1 is 1.21 bits per heavy atom. The van der Waals surface area contributed by atoms with E-state index < -0.39 is 11.7 Å². The number of nitrogens with two attached hydrogens (primary N) is 1. The smallest absolute Gasteiger partial charge is 0.380 e. The first-order chi connectivity index (χ1) is 8.88. The van der Waals surface area contributed by atoms with E-state index in [9.17, 15) is 13.2 Å². The second-order valence-electron chi connectivity index (χ2n) is 4.63.